The Balaban J connectivity index is 1.88. The second-order valence-electron chi connectivity index (χ2n) is 7.91. The van der Waals surface area contributed by atoms with Gasteiger partial charge in [-0.1, -0.05) is 67.7 Å². The highest BCUT2D eigenvalue weighted by Crippen LogP contribution is 2.40. The van der Waals surface area contributed by atoms with Crippen molar-refractivity contribution in [3.63, 3.8) is 0 Å². The van der Waals surface area contributed by atoms with E-state index in [-0.39, 0.29) is 11.6 Å². The van der Waals surface area contributed by atoms with Crippen molar-refractivity contribution in [3.05, 3.63) is 65.7 Å². The zero-order valence-corrected chi connectivity index (χ0v) is 16.7. The molecule has 0 bridgehead atoms. The van der Waals surface area contributed by atoms with E-state index in [1.165, 1.54) is 17.3 Å². The van der Waals surface area contributed by atoms with Gasteiger partial charge in [0.15, 0.2) is 0 Å². The molecule has 0 spiro atoms. The third kappa shape index (κ3) is 4.12. The normalized spacial score (nSPS) is 26.8. The summed E-state index contributed by atoms with van der Waals surface area (Å²) in [5.74, 6) is -0.182. The number of alkyl halides is 3. The molecule has 0 aliphatic carbocycles. The fourth-order valence-corrected chi connectivity index (χ4v) is 6.50. The summed E-state index contributed by atoms with van der Waals surface area (Å²) in [4.78, 5) is 0. The van der Waals surface area contributed by atoms with E-state index in [1.54, 1.807) is 0 Å². The van der Waals surface area contributed by atoms with E-state index < -0.39 is 32.0 Å². The van der Waals surface area contributed by atoms with Crippen LogP contribution < -0.4 is 5.19 Å². The molecule has 1 saturated heterocycles. The van der Waals surface area contributed by atoms with Gasteiger partial charge in [0.25, 0.3) is 0 Å². The molecule has 27 heavy (non-hydrogen) atoms. The van der Waals surface area contributed by atoms with E-state index in [1.807, 2.05) is 25.1 Å². The molecule has 1 heterocycles. The predicted molar refractivity (Wildman–Crippen MR) is 102 cm³/mol. The van der Waals surface area contributed by atoms with Gasteiger partial charge in [0.05, 0.1) is 23.5 Å². The van der Waals surface area contributed by atoms with Crippen LogP contribution in [-0.4, -0.2) is 25.0 Å². The summed E-state index contributed by atoms with van der Waals surface area (Å²) < 4.78 is 44.9. The van der Waals surface area contributed by atoms with Crippen molar-refractivity contribution < 1.29 is 23.0 Å². The predicted octanol–water partition coefficient (Wildman–Crippen LogP) is 4.69. The van der Waals surface area contributed by atoms with E-state index in [0.29, 0.717) is 12.0 Å². The monoisotopic (exact) mass is 394 g/mol. The fraction of sp³-hybridized carbons (Fsp3) is 0.429. The number of rotatable bonds is 3. The summed E-state index contributed by atoms with van der Waals surface area (Å²) in [5, 5.41) is 11.9. The largest absolute Gasteiger partial charge is 0.416 e. The Labute approximate surface area is 159 Å². The van der Waals surface area contributed by atoms with Crippen LogP contribution in [0, 0.1) is 5.92 Å². The van der Waals surface area contributed by atoms with Crippen molar-refractivity contribution in [3.8, 4) is 0 Å². The van der Waals surface area contributed by atoms with Crippen LogP contribution in [0.3, 0.4) is 0 Å². The van der Waals surface area contributed by atoms with Gasteiger partial charge in [-0.2, -0.15) is 13.2 Å². The lowest BCUT2D eigenvalue weighted by molar-refractivity contribution is -0.137. The fourth-order valence-electron chi connectivity index (χ4n) is 3.75. The van der Waals surface area contributed by atoms with Crippen molar-refractivity contribution in [2.45, 2.75) is 50.6 Å². The second-order valence-corrected chi connectivity index (χ2v) is 12.6. The smallest absolute Gasteiger partial charge is 0.393 e. The molecule has 1 aliphatic heterocycles. The van der Waals surface area contributed by atoms with Gasteiger partial charge in [-0.3, -0.25) is 0 Å². The highest BCUT2D eigenvalue weighted by atomic mass is 28.3. The molecule has 1 fully saturated rings. The highest BCUT2D eigenvalue weighted by Gasteiger charge is 2.44. The van der Waals surface area contributed by atoms with Gasteiger partial charge in [-0.05, 0) is 24.1 Å². The number of halogens is 3. The first kappa shape index (κ1) is 20.1. The summed E-state index contributed by atoms with van der Waals surface area (Å²) >= 11 is 0. The zero-order valence-electron chi connectivity index (χ0n) is 15.7. The van der Waals surface area contributed by atoms with Crippen molar-refractivity contribution in [2.75, 3.05) is 0 Å². The summed E-state index contributed by atoms with van der Waals surface area (Å²) in [5.41, 5.74) is -0.110. The van der Waals surface area contributed by atoms with Crippen LogP contribution in [0.15, 0.2) is 54.6 Å². The SMILES string of the molecule is C[C@@H]1[C@H](O)C[C@H]([Si](C)(C)c2ccccc2)O[C@@H]1c1ccc(C(F)(F)F)cc1. The van der Waals surface area contributed by atoms with Crippen LogP contribution in [-0.2, 0) is 10.9 Å². The Morgan fingerprint density at radius 1 is 1.00 bits per heavy atom. The molecule has 0 radical (unpaired) electrons. The third-order valence-corrected chi connectivity index (χ3v) is 9.54. The molecule has 2 aromatic rings. The van der Waals surface area contributed by atoms with Gasteiger partial charge < -0.3 is 9.84 Å². The Bertz CT molecular complexity index is 759. The number of aliphatic hydroxyl groups excluding tert-OH is 1. The standard InChI is InChI=1S/C21H25F3O2Si/c1-14-18(25)13-19(27(2,3)17-7-5-4-6-8-17)26-20(14)15-9-11-16(12-10-15)21(22,23)24/h4-12,14,18-20,25H,13H2,1-3H3/t14-,18-,19+,20+/m1/s1. The number of hydrogen-bond acceptors (Lipinski definition) is 2. The molecule has 0 saturated carbocycles. The van der Waals surface area contributed by atoms with Crippen molar-refractivity contribution in [2.24, 2.45) is 5.92 Å². The van der Waals surface area contributed by atoms with E-state index in [2.05, 4.69) is 25.2 Å². The molecule has 0 unspecified atom stereocenters. The third-order valence-electron chi connectivity index (χ3n) is 5.74. The van der Waals surface area contributed by atoms with Gasteiger partial charge in [0.2, 0.25) is 0 Å². The lowest BCUT2D eigenvalue weighted by Gasteiger charge is -2.44. The summed E-state index contributed by atoms with van der Waals surface area (Å²) in [6.07, 6.45) is -4.78. The van der Waals surface area contributed by atoms with Crippen LogP contribution in [0.5, 0.6) is 0 Å². The van der Waals surface area contributed by atoms with Crippen LogP contribution in [0.1, 0.15) is 30.6 Å². The minimum Gasteiger partial charge on any atom is -0.393 e. The van der Waals surface area contributed by atoms with Crippen LogP contribution >= 0.6 is 0 Å². The highest BCUT2D eigenvalue weighted by molar-refractivity contribution is 6.90. The molecular weight excluding hydrogens is 369 g/mol. The van der Waals surface area contributed by atoms with Crippen LogP contribution in [0.2, 0.25) is 13.1 Å². The molecule has 6 heteroatoms. The minimum atomic E-state index is -4.36. The Morgan fingerprint density at radius 3 is 2.15 bits per heavy atom. The average molecular weight is 395 g/mol. The molecule has 4 atom stereocenters. The quantitative estimate of drug-likeness (QED) is 0.766. The maximum Gasteiger partial charge on any atom is 0.416 e. The zero-order chi connectivity index (χ0) is 19.8. The van der Waals surface area contributed by atoms with Crippen molar-refractivity contribution in [1.29, 1.82) is 0 Å². The van der Waals surface area contributed by atoms with Crippen molar-refractivity contribution >= 4 is 13.3 Å². The summed E-state index contributed by atoms with van der Waals surface area (Å²) in [6.45, 7) is 6.30. The lowest BCUT2D eigenvalue weighted by atomic mass is 9.88. The minimum absolute atomic E-state index is 0.113. The Morgan fingerprint density at radius 2 is 1.59 bits per heavy atom. The maximum absolute atomic E-state index is 12.8. The summed E-state index contributed by atoms with van der Waals surface area (Å²) in [6, 6.07) is 15.3. The van der Waals surface area contributed by atoms with E-state index in [4.69, 9.17) is 4.74 Å². The van der Waals surface area contributed by atoms with Crippen LogP contribution in [0.25, 0.3) is 0 Å². The number of ether oxygens (including phenoxy) is 1. The topological polar surface area (TPSA) is 29.5 Å². The maximum atomic E-state index is 12.8. The first-order valence-electron chi connectivity index (χ1n) is 9.17. The van der Waals surface area contributed by atoms with Gasteiger partial charge in [-0.15, -0.1) is 0 Å². The number of aliphatic hydroxyl groups is 1. The van der Waals surface area contributed by atoms with Crippen LogP contribution in [0.4, 0.5) is 13.2 Å². The number of benzene rings is 2. The molecule has 2 nitrogen and oxygen atoms in total. The van der Waals surface area contributed by atoms with E-state index in [0.717, 1.165) is 12.1 Å². The van der Waals surface area contributed by atoms with Gasteiger partial charge in [0.1, 0.15) is 8.07 Å². The van der Waals surface area contributed by atoms with E-state index in [9.17, 15) is 18.3 Å². The Kier molecular flexibility index (Phi) is 5.52. The first-order chi connectivity index (χ1) is 12.6. The first-order valence-corrected chi connectivity index (χ1v) is 12.2. The average Bonchev–Trinajstić information content (AvgIpc) is 2.64. The second kappa shape index (κ2) is 7.41. The molecule has 1 N–H and O–H groups in total. The van der Waals surface area contributed by atoms with Gasteiger partial charge in [0, 0.05) is 5.92 Å². The van der Waals surface area contributed by atoms with E-state index >= 15 is 0 Å². The van der Waals surface area contributed by atoms with Crippen molar-refractivity contribution in [1.82, 2.24) is 0 Å². The Hall–Kier alpha value is -1.63. The molecule has 146 valence electrons. The summed E-state index contributed by atoms with van der Waals surface area (Å²) in [7, 11) is -2.03. The molecular formula is C21H25F3O2Si. The molecule has 0 amide bonds. The molecule has 2 aromatic carbocycles. The number of hydrogen-bond donors (Lipinski definition) is 1. The molecule has 1 aliphatic rings. The molecule has 3 rings (SSSR count). The lowest BCUT2D eigenvalue weighted by Crippen LogP contribution is -2.58. The van der Waals surface area contributed by atoms with Gasteiger partial charge in [-0.25, -0.2) is 0 Å². The van der Waals surface area contributed by atoms with Gasteiger partial charge >= 0.3 is 6.18 Å². The molecule has 0 aromatic heterocycles.